The minimum absolute atomic E-state index is 0.0843. The molecule has 27 heavy (non-hydrogen) atoms. The zero-order chi connectivity index (χ0) is 18.9. The summed E-state index contributed by atoms with van der Waals surface area (Å²) in [6, 6.07) is 18.6. The SMILES string of the molecule is CCNCc1cccc(NC(=O)CCN2CCN(c3ccccc3)CC2)c1. The number of carbonyl (C=O) groups excluding carboxylic acids is 1. The summed E-state index contributed by atoms with van der Waals surface area (Å²) in [4.78, 5) is 17.1. The van der Waals surface area contributed by atoms with Gasteiger partial charge in [-0.3, -0.25) is 9.69 Å². The van der Waals surface area contributed by atoms with Gasteiger partial charge in [0.2, 0.25) is 5.91 Å². The Balaban J connectivity index is 1.40. The second-order valence-corrected chi connectivity index (χ2v) is 6.94. The average Bonchev–Trinajstić information content (AvgIpc) is 2.72. The molecule has 1 saturated heterocycles. The third kappa shape index (κ3) is 6.08. The molecule has 0 bridgehead atoms. The van der Waals surface area contributed by atoms with E-state index in [1.54, 1.807) is 0 Å². The molecule has 0 radical (unpaired) electrons. The van der Waals surface area contributed by atoms with E-state index in [1.165, 1.54) is 11.3 Å². The summed E-state index contributed by atoms with van der Waals surface area (Å²) in [6.07, 6.45) is 0.531. The molecule has 1 fully saturated rings. The molecular weight excluding hydrogens is 336 g/mol. The van der Waals surface area contributed by atoms with Gasteiger partial charge in [0.1, 0.15) is 0 Å². The van der Waals surface area contributed by atoms with Crippen LogP contribution in [0.2, 0.25) is 0 Å². The van der Waals surface area contributed by atoms with Crippen molar-refractivity contribution >= 4 is 17.3 Å². The Morgan fingerprint density at radius 3 is 2.52 bits per heavy atom. The second kappa shape index (κ2) is 10.1. The molecular formula is C22H30N4O. The van der Waals surface area contributed by atoms with E-state index in [9.17, 15) is 4.79 Å². The van der Waals surface area contributed by atoms with Gasteiger partial charge in [-0.1, -0.05) is 37.3 Å². The number of amides is 1. The summed E-state index contributed by atoms with van der Waals surface area (Å²) in [7, 11) is 0. The molecule has 0 spiro atoms. The van der Waals surface area contributed by atoms with Gasteiger partial charge in [-0.05, 0) is 36.4 Å². The summed E-state index contributed by atoms with van der Waals surface area (Å²) in [6.45, 7) is 8.69. The predicted molar refractivity (Wildman–Crippen MR) is 112 cm³/mol. The fourth-order valence-electron chi connectivity index (χ4n) is 3.38. The van der Waals surface area contributed by atoms with Gasteiger partial charge in [-0.25, -0.2) is 0 Å². The first-order chi connectivity index (χ1) is 13.2. The third-order valence-corrected chi connectivity index (χ3v) is 4.94. The van der Waals surface area contributed by atoms with Gasteiger partial charge in [-0.2, -0.15) is 0 Å². The van der Waals surface area contributed by atoms with Crippen LogP contribution in [0.1, 0.15) is 18.9 Å². The lowest BCUT2D eigenvalue weighted by atomic mass is 10.2. The van der Waals surface area contributed by atoms with Gasteiger partial charge < -0.3 is 15.5 Å². The van der Waals surface area contributed by atoms with Crippen molar-refractivity contribution in [3.8, 4) is 0 Å². The van der Waals surface area contributed by atoms with Crippen LogP contribution in [-0.2, 0) is 11.3 Å². The zero-order valence-corrected chi connectivity index (χ0v) is 16.2. The Labute approximate surface area is 162 Å². The summed E-state index contributed by atoms with van der Waals surface area (Å²) in [5.41, 5.74) is 3.35. The van der Waals surface area contributed by atoms with Crippen molar-refractivity contribution in [3.63, 3.8) is 0 Å². The fraction of sp³-hybridized carbons (Fsp3) is 0.409. The van der Waals surface area contributed by atoms with Gasteiger partial charge in [0.25, 0.3) is 0 Å². The number of hydrogen-bond acceptors (Lipinski definition) is 4. The van der Waals surface area contributed by atoms with Crippen molar-refractivity contribution in [2.45, 2.75) is 19.9 Å². The molecule has 5 nitrogen and oxygen atoms in total. The Bertz CT molecular complexity index is 711. The maximum absolute atomic E-state index is 12.3. The molecule has 0 aromatic heterocycles. The fourth-order valence-corrected chi connectivity index (χ4v) is 3.38. The maximum Gasteiger partial charge on any atom is 0.225 e. The molecule has 1 amide bonds. The molecule has 2 aromatic carbocycles. The van der Waals surface area contributed by atoms with Crippen LogP contribution >= 0.6 is 0 Å². The smallest absolute Gasteiger partial charge is 0.225 e. The molecule has 1 heterocycles. The largest absolute Gasteiger partial charge is 0.369 e. The van der Waals surface area contributed by atoms with Crippen molar-refractivity contribution in [3.05, 3.63) is 60.2 Å². The average molecular weight is 367 g/mol. The summed E-state index contributed by atoms with van der Waals surface area (Å²) < 4.78 is 0. The summed E-state index contributed by atoms with van der Waals surface area (Å²) >= 11 is 0. The van der Waals surface area contributed by atoms with Crippen LogP contribution in [0.15, 0.2) is 54.6 Å². The molecule has 3 rings (SSSR count). The number of para-hydroxylation sites is 1. The summed E-state index contributed by atoms with van der Waals surface area (Å²) in [5.74, 6) is 0.0843. The maximum atomic E-state index is 12.3. The van der Waals surface area contributed by atoms with E-state index < -0.39 is 0 Å². The number of nitrogens with one attached hydrogen (secondary N) is 2. The molecule has 0 atom stereocenters. The lowest BCUT2D eigenvalue weighted by Crippen LogP contribution is -2.47. The topological polar surface area (TPSA) is 47.6 Å². The third-order valence-electron chi connectivity index (χ3n) is 4.94. The second-order valence-electron chi connectivity index (χ2n) is 6.94. The van der Waals surface area contributed by atoms with Crippen molar-refractivity contribution in [1.29, 1.82) is 0 Å². The Kier molecular flexibility index (Phi) is 7.25. The van der Waals surface area contributed by atoms with Gasteiger partial charge in [0.15, 0.2) is 0 Å². The highest BCUT2D eigenvalue weighted by molar-refractivity contribution is 5.90. The lowest BCUT2D eigenvalue weighted by molar-refractivity contribution is -0.116. The van der Waals surface area contributed by atoms with E-state index in [-0.39, 0.29) is 5.91 Å². The van der Waals surface area contributed by atoms with E-state index in [0.717, 1.165) is 51.5 Å². The van der Waals surface area contributed by atoms with Crippen LogP contribution in [0, 0.1) is 0 Å². The van der Waals surface area contributed by atoms with Crippen molar-refractivity contribution in [2.24, 2.45) is 0 Å². The molecule has 0 saturated carbocycles. The Morgan fingerprint density at radius 2 is 1.78 bits per heavy atom. The predicted octanol–water partition coefficient (Wildman–Crippen LogP) is 2.95. The van der Waals surface area contributed by atoms with E-state index in [4.69, 9.17) is 0 Å². The van der Waals surface area contributed by atoms with E-state index in [0.29, 0.717) is 6.42 Å². The number of piperazine rings is 1. The number of rotatable bonds is 8. The van der Waals surface area contributed by atoms with E-state index >= 15 is 0 Å². The van der Waals surface area contributed by atoms with E-state index in [1.807, 2.05) is 24.3 Å². The Hall–Kier alpha value is -2.37. The number of hydrogen-bond donors (Lipinski definition) is 2. The Morgan fingerprint density at radius 1 is 1.00 bits per heavy atom. The number of carbonyl (C=O) groups is 1. The van der Waals surface area contributed by atoms with Crippen molar-refractivity contribution in [2.75, 3.05) is 49.5 Å². The molecule has 5 heteroatoms. The van der Waals surface area contributed by atoms with Crippen molar-refractivity contribution < 1.29 is 4.79 Å². The van der Waals surface area contributed by atoms with E-state index in [2.05, 4.69) is 57.7 Å². The highest BCUT2D eigenvalue weighted by atomic mass is 16.1. The summed E-state index contributed by atoms with van der Waals surface area (Å²) in [5, 5.41) is 6.33. The molecule has 1 aliphatic heterocycles. The van der Waals surface area contributed by atoms with Crippen LogP contribution < -0.4 is 15.5 Å². The first-order valence-electron chi connectivity index (χ1n) is 9.86. The minimum atomic E-state index is 0.0843. The highest BCUT2D eigenvalue weighted by Gasteiger charge is 2.17. The normalized spacial score (nSPS) is 14.9. The molecule has 0 unspecified atom stereocenters. The van der Waals surface area contributed by atoms with Crippen LogP contribution in [-0.4, -0.2) is 50.1 Å². The van der Waals surface area contributed by atoms with Gasteiger partial charge in [0.05, 0.1) is 0 Å². The van der Waals surface area contributed by atoms with Crippen LogP contribution in [0.3, 0.4) is 0 Å². The molecule has 2 aromatic rings. The monoisotopic (exact) mass is 366 g/mol. The number of benzene rings is 2. The van der Waals surface area contributed by atoms with Crippen LogP contribution in [0.4, 0.5) is 11.4 Å². The molecule has 144 valence electrons. The quantitative estimate of drug-likeness (QED) is 0.754. The minimum Gasteiger partial charge on any atom is -0.369 e. The molecule has 2 N–H and O–H groups in total. The highest BCUT2D eigenvalue weighted by Crippen LogP contribution is 2.16. The first-order valence-corrected chi connectivity index (χ1v) is 9.86. The van der Waals surface area contributed by atoms with Crippen molar-refractivity contribution in [1.82, 2.24) is 10.2 Å². The number of nitrogens with zero attached hydrogens (tertiary/aromatic N) is 2. The number of anilines is 2. The van der Waals surface area contributed by atoms with Gasteiger partial charge >= 0.3 is 0 Å². The van der Waals surface area contributed by atoms with Gasteiger partial charge in [-0.15, -0.1) is 0 Å². The first kappa shape index (κ1) is 19.4. The van der Waals surface area contributed by atoms with Gasteiger partial charge in [0, 0.05) is 57.1 Å². The van der Waals surface area contributed by atoms with Crippen LogP contribution in [0.25, 0.3) is 0 Å². The molecule has 1 aliphatic rings. The molecule has 0 aliphatic carbocycles. The zero-order valence-electron chi connectivity index (χ0n) is 16.2. The van der Waals surface area contributed by atoms with Crippen LogP contribution in [0.5, 0.6) is 0 Å². The standard InChI is InChI=1S/C22H30N4O/c1-2-23-18-19-7-6-8-20(17-19)24-22(27)11-12-25-13-15-26(16-14-25)21-9-4-3-5-10-21/h3-10,17,23H,2,11-16,18H2,1H3,(H,24,27). The lowest BCUT2D eigenvalue weighted by Gasteiger charge is -2.36.